The molecule has 0 bridgehead atoms. The highest BCUT2D eigenvalue weighted by molar-refractivity contribution is 4.85. The van der Waals surface area contributed by atoms with Gasteiger partial charge in [0.2, 0.25) is 0 Å². The third kappa shape index (κ3) is 13.0. The average Bonchev–Trinajstić information content (AvgIpc) is 3.31. The molecule has 1 aliphatic rings. The van der Waals surface area contributed by atoms with Crippen molar-refractivity contribution in [2.24, 2.45) is 11.8 Å². The van der Waals surface area contributed by atoms with Crippen LogP contribution in [0.25, 0.3) is 0 Å². The standard InChI is InChI=1S/C22H44O/c1-3-5-7-8-9-10-13-16-21-20-22(21)17-14-11-12-15-19-23-18-6-4-2/h21-22H,3-20H2,1-2H3. The quantitative estimate of drug-likeness (QED) is 0.237. The van der Waals surface area contributed by atoms with Gasteiger partial charge in [0.25, 0.3) is 0 Å². The zero-order valence-electron chi connectivity index (χ0n) is 16.3. The van der Waals surface area contributed by atoms with E-state index >= 15 is 0 Å². The summed E-state index contributed by atoms with van der Waals surface area (Å²) in [6, 6.07) is 0. The van der Waals surface area contributed by atoms with Crippen LogP contribution >= 0.6 is 0 Å². The molecule has 0 spiro atoms. The molecular formula is C22H44O. The Morgan fingerprint density at radius 3 is 1.65 bits per heavy atom. The molecule has 0 heterocycles. The lowest BCUT2D eigenvalue weighted by atomic mass is 10.0. The number of rotatable bonds is 18. The second kappa shape index (κ2) is 15.5. The van der Waals surface area contributed by atoms with E-state index in [0.717, 1.165) is 25.0 Å². The molecule has 0 aliphatic heterocycles. The molecule has 138 valence electrons. The molecule has 2 unspecified atom stereocenters. The van der Waals surface area contributed by atoms with Crippen molar-refractivity contribution in [1.82, 2.24) is 0 Å². The molecule has 0 N–H and O–H groups in total. The first-order chi connectivity index (χ1) is 11.4. The summed E-state index contributed by atoms with van der Waals surface area (Å²) in [5, 5.41) is 0. The van der Waals surface area contributed by atoms with Gasteiger partial charge in [0.1, 0.15) is 0 Å². The van der Waals surface area contributed by atoms with Crippen molar-refractivity contribution in [2.45, 2.75) is 117 Å². The van der Waals surface area contributed by atoms with E-state index in [1.165, 1.54) is 96.3 Å². The predicted molar refractivity (Wildman–Crippen MR) is 103 cm³/mol. The molecule has 0 radical (unpaired) electrons. The molecule has 0 aromatic heterocycles. The van der Waals surface area contributed by atoms with E-state index in [1.807, 2.05) is 0 Å². The van der Waals surface area contributed by atoms with Crippen LogP contribution in [0.1, 0.15) is 117 Å². The van der Waals surface area contributed by atoms with Gasteiger partial charge in [-0.25, -0.2) is 0 Å². The van der Waals surface area contributed by atoms with Gasteiger partial charge in [0.05, 0.1) is 0 Å². The summed E-state index contributed by atoms with van der Waals surface area (Å²) in [5.74, 6) is 2.22. The van der Waals surface area contributed by atoms with E-state index < -0.39 is 0 Å². The van der Waals surface area contributed by atoms with Crippen LogP contribution in [0.3, 0.4) is 0 Å². The average molecular weight is 325 g/mol. The van der Waals surface area contributed by atoms with Crippen molar-refractivity contribution < 1.29 is 4.74 Å². The first-order valence-corrected chi connectivity index (χ1v) is 11.0. The normalized spacial score (nSPS) is 20.1. The number of unbranched alkanes of at least 4 members (excludes halogenated alkanes) is 10. The molecule has 1 heteroatoms. The third-order valence-corrected chi connectivity index (χ3v) is 5.50. The molecule has 0 saturated heterocycles. The molecule has 2 atom stereocenters. The van der Waals surface area contributed by atoms with Gasteiger partial charge in [-0.15, -0.1) is 0 Å². The Balaban J connectivity index is 1.72. The fraction of sp³-hybridized carbons (Fsp3) is 1.00. The molecular weight excluding hydrogens is 280 g/mol. The lowest BCUT2D eigenvalue weighted by Crippen LogP contribution is -1.96. The summed E-state index contributed by atoms with van der Waals surface area (Å²) in [4.78, 5) is 0. The Kier molecular flexibility index (Phi) is 14.1. The minimum absolute atomic E-state index is 0.971. The second-order valence-corrected chi connectivity index (χ2v) is 7.83. The number of hydrogen-bond acceptors (Lipinski definition) is 1. The highest BCUT2D eigenvalue weighted by Crippen LogP contribution is 2.45. The first kappa shape index (κ1) is 21.0. The fourth-order valence-electron chi connectivity index (χ4n) is 3.69. The molecule has 0 aromatic rings. The summed E-state index contributed by atoms with van der Waals surface area (Å²) in [6.07, 6.45) is 22.8. The number of ether oxygens (including phenoxy) is 1. The fourth-order valence-corrected chi connectivity index (χ4v) is 3.69. The molecule has 0 amide bonds. The number of hydrogen-bond donors (Lipinski definition) is 0. The van der Waals surface area contributed by atoms with Crippen LogP contribution in [-0.2, 0) is 4.74 Å². The van der Waals surface area contributed by atoms with Crippen LogP contribution < -0.4 is 0 Å². The summed E-state index contributed by atoms with van der Waals surface area (Å²) >= 11 is 0. The van der Waals surface area contributed by atoms with Gasteiger partial charge in [-0.1, -0.05) is 97.3 Å². The van der Waals surface area contributed by atoms with Crippen molar-refractivity contribution in [1.29, 1.82) is 0 Å². The molecule has 1 saturated carbocycles. The van der Waals surface area contributed by atoms with Crippen LogP contribution in [0.4, 0.5) is 0 Å². The van der Waals surface area contributed by atoms with Crippen molar-refractivity contribution in [2.75, 3.05) is 13.2 Å². The van der Waals surface area contributed by atoms with Gasteiger partial charge in [-0.2, -0.15) is 0 Å². The van der Waals surface area contributed by atoms with E-state index in [0.29, 0.717) is 0 Å². The largest absolute Gasteiger partial charge is 0.381 e. The van der Waals surface area contributed by atoms with E-state index in [-0.39, 0.29) is 0 Å². The molecule has 1 aliphatic carbocycles. The van der Waals surface area contributed by atoms with Crippen LogP contribution in [0.15, 0.2) is 0 Å². The summed E-state index contributed by atoms with van der Waals surface area (Å²) < 4.78 is 5.62. The lowest BCUT2D eigenvalue weighted by molar-refractivity contribution is 0.127. The molecule has 1 nitrogen and oxygen atoms in total. The first-order valence-electron chi connectivity index (χ1n) is 11.0. The van der Waals surface area contributed by atoms with E-state index in [2.05, 4.69) is 13.8 Å². The summed E-state index contributed by atoms with van der Waals surface area (Å²) in [6.45, 7) is 6.49. The van der Waals surface area contributed by atoms with Crippen LogP contribution in [-0.4, -0.2) is 13.2 Å². The van der Waals surface area contributed by atoms with Gasteiger partial charge in [0, 0.05) is 13.2 Å². The van der Waals surface area contributed by atoms with Crippen molar-refractivity contribution >= 4 is 0 Å². The van der Waals surface area contributed by atoms with Crippen molar-refractivity contribution in [3.63, 3.8) is 0 Å². The van der Waals surface area contributed by atoms with Gasteiger partial charge in [-0.3, -0.25) is 0 Å². The Bertz CT molecular complexity index is 238. The monoisotopic (exact) mass is 324 g/mol. The summed E-state index contributed by atoms with van der Waals surface area (Å²) in [5.41, 5.74) is 0. The maximum absolute atomic E-state index is 5.62. The predicted octanol–water partition coefficient (Wildman–Crippen LogP) is 7.53. The van der Waals surface area contributed by atoms with Crippen LogP contribution in [0.5, 0.6) is 0 Å². The van der Waals surface area contributed by atoms with Crippen molar-refractivity contribution in [3.8, 4) is 0 Å². The minimum Gasteiger partial charge on any atom is -0.381 e. The highest BCUT2D eigenvalue weighted by atomic mass is 16.5. The zero-order valence-corrected chi connectivity index (χ0v) is 16.3. The highest BCUT2D eigenvalue weighted by Gasteiger charge is 2.34. The van der Waals surface area contributed by atoms with E-state index in [4.69, 9.17) is 4.74 Å². The SMILES string of the molecule is CCCCCCCCCC1CC1CCCCCCOCCCC. The van der Waals surface area contributed by atoms with E-state index in [1.54, 1.807) is 6.42 Å². The smallest absolute Gasteiger partial charge is 0.0466 e. The second-order valence-electron chi connectivity index (χ2n) is 7.83. The van der Waals surface area contributed by atoms with E-state index in [9.17, 15) is 0 Å². The topological polar surface area (TPSA) is 9.23 Å². The lowest BCUT2D eigenvalue weighted by Gasteiger charge is -2.04. The third-order valence-electron chi connectivity index (χ3n) is 5.50. The maximum atomic E-state index is 5.62. The van der Waals surface area contributed by atoms with Gasteiger partial charge < -0.3 is 4.74 Å². The Morgan fingerprint density at radius 2 is 1.04 bits per heavy atom. The molecule has 0 aromatic carbocycles. The Hall–Kier alpha value is -0.0400. The molecule has 1 rings (SSSR count). The minimum atomic E-state index is 0.971. The van der Waals surface area contributed by atoms with Gasteiger partial charge >= 0.3 is 0 Å². The van der Waals surface area contributed by atoms with Crippen LogP contribution in [0, 0.1) is 11.8 Å². The maximum Gasteiger partial charge on any atom is 0.0466 e. The molecule has 1 fully saturated rings. The summed E-state index contributed by atoms with van der Waals surface area (Å²) in [7, 11) is 0. The molecule has 23 heavy (non-hydrogen) atoms. The Morgan fingerprint density at radius 1 is 0.565 bits per heavy atom. The van der Waals surface area contributed by atoms with Crippen molar-refractivity contribution in [3.05, 3.63) is 0 Å². The van der Waals surface area contributed by atoms with Gasteiger partial charge in [0.15, 0.2) is 0 Å². The van der Waals surface area contributed by atoms with Crippen LogP contribution in [0.2, 0.25) is 0 Å². The zero-order chi connectivity index (χ0) is 16.6. The van der Waals surface area contributed by atoms with Gasteiger partial charge in [-0.05, 0) is 31.1 Å². The Labute approximate surface area is 147 Å².